The van der Waals surface area contributed by atoms with E-state index < -0.39 is 0 Å². The highest BCUT2D eigenvalue weighted by molar-refractivity contribution is 7.09. The molecule has 0 aliphatic carbocycles. The van der Waals surface area contributed by atoms with Crippen molar-refractivity contribution in [1.29, 1.82) is 0 Å². The quantitative estimate of drug-likeness (QED) is 0.829. The number of carbonyl (C=O) groups excluding carboxylic acids is 2. The maximum absolute atomic E-state index is 11.8. The second-order valence-corrected chi connectivity index (χ2v) is 5.89. The van der Waals surface area contributed by atoms with Crippen molar-refractivity contribution in [1.82, 2.24) is 10.3 Å². The normalized spacial score (nSPS) is 10.3. The highest BCUT2D eigenvalue weighted by Gasteiger charge is 2.07. The molecule has 2 rings (SSSR count). The summed E-state index contributed by atoms with van der Waals surface area (Å²) in [5.74, 6) is -0.380. The van der Waals surface area contributed by atoms with E-state index in [4.69, 9.17) is 0 Å². The molecule has 1 N–H and O–H groups in total. The molecule has 0 aliphatic heterocycles. The molecule has 1 aromatic heterocycles. The lowest BCUT2D eigenvalue weighted by molar-refractivity contribution is -0.120. The van der Waals surface area contributed by atoms with Crippen LogP contribution < -0.4 is 5.32 Å². The first kappa shape index (κ1) is 16.2. The monoisotopic (exact) mass is 318 g/mol. The summed E-state index contributed by atoms with van der Waals surface area (Å²) in [7, 11) is 1.36. The van der Waals surface area contributed by atoms with Gasteiger partial charge in [-0.15, -0.1) is 11.3 Å². The fourth-order valence-corrected chi connectivity index (χ4v) is 2.60. The Kier molecular flexibility index (Phi) is 5.66. The van der Waals surface area contributed by atoms with Gasteiger partial charge in [0.05, 0.1) is 29.8 Å². The van der Waals surface area contributed by atoms with Crippen LogP contribution in [0.3, 0.4) is 0 Å². The van der Waals surface area contributed by atoms with Gasteiger partial charge in [-0.1, -0.05) is 12.1 Å². The molecule has 6 heteroatoms. The fourth-order valence-electron chi connectivity index (χ4n) is 1.99. The highest BCUT2D eigenvalue weighted by atomic mass is 32.1. The zero-order chi connectivity index (χ0) is 15.9. The van der Waals surface area contributed by atoms with Gasteiger partial charge in [-0.2, -0.15) is 0 Å². The summed E-state index contributed by atoms with van der Waals surface area (Å²) in [6.07, 6.45) is 1.02. The van der Waals surface area contributed by atoms with Gasteiger partial charge in [0.1, 0.15) is 0 Å². The molecular weight excluding hydrogens is 300 g/mol. The number of hydrogen-bond donors (Lipinski definition) is 1. The van der Waals surface area contributed by atoms with Crippen LogP contribution in [-0.4, -0.2) is 30.5 Å². The second kappa shape index (κ2) is 7.70. The Balaban J connectivity index is 1.76. The number of methoxy groups -OCH3 is 1. The molecule has 22 heavy (non-hydrogen) atoms. The number of benzene rings is 1. The number of amides is 1. The molecule has 0 aliphatic rings. The Hall–Kier alpha value is -2.21. The highest BCUT2D eigenvalue weighted by Crippen LogP contribution is 2.08. The topological polar surface area (TPSA) is 68.3 Å². The predicted octanol–water partition coefficient (Wildman–Crippen LogP) is 2.14. The first-order valence-corrected chi connectivity index (χ1v) is 7.81. The average Bonchev–Trinajstić information content (AvgIpc) is 2.92. The summed E-state index contributed by atoms with van der Waals surface area (Å²) in [5.41, 5.74) is 2.38. The van der Waals surface area contributed by atoms with E-state index in [1.165, 1.54) is 7.11 Å². The third-order valence-electron chi connectivity index (χ3n) is 3.12. The molecule has 0 unspecified atom stereocenters. The van der Waals surface area contributed by atoms with Crippen LogP contribution in [0.25, 0.3) is 0 Å². The van der Waals surface area contributed by atoms with Crippen molar-refractivity contribution in [3.63, 3.8) is 0 Å². The van der Waals surface area contributed by atoms with Crippen molar-refractivity contribution in [3.8, 4) is 0 Å². The molecule has 0 atom stereocenters. The van der Waals surface area contributed by atoms with Crippen LogP contribution >= 0.6 is 11.3 Å². The molecule has 0 saturated heterocycles. The van der Waals surface area contributed by atoms with E-state index in [9.17, 15) is 9.59 Å². The van der Waals surface area contributed by atoms with Gasteiger partial charge < -0.3 is 10.1 Å². The molecule has 0 saturated carbocycles. The Morgan fingerprint density at radius 2 is 2.00 bits per heavy atom. The number of esters is 1. The smallest absolute Gasteiger partial charge is 0.337 e. The maximum atomic E-state index is 11.8. The van der Waals surface area contributed by atoms with Crippen LogP contribution in [0.2, 0.25) is 0 Å². The lowest BCUT2D eigenvalue weighted by Crippen LogP contribution is -2.27. The lowest BCUT2D eigenvalue weighted by Gasteiger charge is -2.05. The molecular formula is C16H18N2O3S. The molecule has 0 fully saturated rings. The van der Waals surface area contributed by atoms with E-state index in [0.717, 1.165) is 16.3 Å². The van der Waals surface area contributed by atoms with Crippen LogP contribution in [0.4, 0.5) is 0 Å². The average molecular weight is 318 g/mol. The zero-order valence-electron chi connectivity index (χ0n) is 12.6. The second-order valence-electron chi connectivity index (χ2n) is 4.82. The van der Waals surface area contributed by atoms with Crippen molar-refractivity contribution >= 4 is 23.2 Å². The third kappa shape index (κ3) is 4.66. The van der Waals surface area contributed by atoms with E-state index >= 15 is 0 Å². The molecule has 116 valence electrons. The van der Waals surface area contributed by atoms with Gasteiger partial charge >= 0.3 is 5.97 Å². The standard InChI is InChI=1S/C16H18N2O3S/c1-11-18-14(10-22-11)9-15(19)17-8-7-12-3-5-13(6-4-12)16(20)21-2/h3-6,10H,7-9H2,1-2H3,(H,17,19). The Morgan fingerprint density at radius 3 is 2.59 bits per heavy atom. The van der Waals surface area contributed by atoms with Gasteiger partial charge in [0, 0.05) is 11.9 Å². The summed E-state index contributed by atoms with van der Waals surface area (Å²) in [6.45, 7) is 2.48. The largest absolute Gasteiger partial charge is 0.465 e. The van der Waals surface area contributed by atoms with Crippen LogP contribution in [0.15, 0.2) is 29.6 Å². The number of aryl methyl sites for hydroxylation is 1. The Morgan fingerprint density at radius 1 is 1.27 bits per heavy atom. The Bertz CT molecular complexity index is 650. The molecule has 0 radical (unpaired) electrons. The number of hydrogen-bond acceptors (Lipinski definition) is 5. The minimum absolute atomic E-state index is 0.0310. The number of nitrogens with zero attached hydrogens (tertiary/aromatic N) is 1. The summed E-state index contributed by atoms with van der Waals surface area (Å²) >= 11 is 1.54. The fraction of sp³-hybridized carbons (Fsp3) is 0.312. The van der Waals surface area contributed by atoms with E-state index in [1.54, 1.807) is 23.5 Å². The van der Waals surface area contributed by atoms with Gasteiger partial charge in [-0.25, -0.2) is 9.78 Å². The maximum Gasteiger partial charge on any atom is 0.337 e. The molecule has 0 bridgehead atoms. The van der Waals surface area contributed by atoms with Crippen LogP contribution in [0.5, 0.6) is 0 Å². The van der Waals surface area contributed by atoms with Crippen molar-refractivity contribution in [2.75, 3.05) is 13.7 Å². The number of rotatable bonds is 6. The van der Waals surface area contributed by atoms with Gasteiger partial charge in [-0.3, -0.25) is 4.79 Å². The first-order chi connectivity index (χ1) is 10.6. The number of carbonyl (C=O) groups is 2. The van der Waals surface area contributed by atoms with E-state index in [1.807, 2.05) is 24.4 Å². The van der Waals surface area contributed by atoms with E-state index in [0.29, 0.717) is 24.9 Å². The molecule has 1 aromatic carbocycles. The SMILES string of the molecule is COC(=O)c1ccc(CCNC(=O)Cc2csc(C)n2)cc1. The van der Waals surface area contributed by atoms with Crippen LogP contribution in [-0.2, 0) is 22.4 Å². The third-order valence-corrected chi connectivity index (χ3v) is 3.94. The van der Waals surface area contributed by atoms with Crippen molar-refractivity contribution in [2.45, 2.75) is 19.8 Å². The van der Waals surface area contributed by atoms with Gasteiger partial charge in [0.2, 0.25) is 5.91 Å². The first-order valence-electron chi connectivity index (χ1n) is 6.93. The van der Waals surface area contributed by atoms with Gasteiger partial charge in [-0.05, 0) is 31.0 Å². The minimum Gasteiger partial charge on any atom is -0.465 e. The van der Waals surface area contributed by atoms with Crippen molar-refractivity contribution in [3.05, 3.63) is 51.5 Å². The summed E-state index contributed by atoms with van der Waals surface area (Å²) < 4.78 is 4.65. The zero-order valence-corrected chi connectivity index (χ0v) is 13.4. The molecule has 1 amide bonds. The van der Waals surface area contributed by atoms with E-state index in [-0.39, 0.29) is 11.9 Å². The van der Waals surface area contributed by atoms with Crippen LogP contribution in [0, 0.1) is 6.92 Å². The summed E-state index contributed by atoms with van der Waals surface area (Å²) in [5, 5.41) is 5.74. The number of nitrogens with one attached hydrogen (secondary N) is 1. The minimum atomic E-state index is -0.349. The summed E-state index contributed by atoms with van der Waals surface area (Å²) in [6, 6.07) is 7.17. The predicted molar refractivity (Wildman–Crippen MR) is 85.1 cm³/mol. The van der Waals surface area contributed by atoms with Gasteiger partial charge in [0.25, 0.3) is 0 Å². The van der Waals surface area contributed by atoms with Crippen molar-refractivity contribution in [2.24, 2.45) is 0 Å². The van der Waals surface area contributed by atoms with Crippen LogP contribution in [0.1, 0.15) is 26.6 Å². The lowest BCUT2D eigenvalue weighted by atomic mass is 10.1. The molecule has 5 nitrogen and oxygen atoms in total. The van der Waals surface area contributed by atoms with Gasteiger partial charge in [0.15, 0.2) is 0 Å². The number of thiazole rings is 1. The molecule has 1 heterocycles. The van der Waals surface area contributed by atoms with E-state index in [2.05, 4.69) is 15.0 Å². The summed E-state index contributed by atoms with van der Waals surface area (Å²) in [4.78, 5) is 27.4. The number of ether oxygens (including phenoxy) is 1. The van der Waals surface area contributed by atoms with Crippen molar-refractivity contribution < 1.29 is 14.3 Å². The Labute approximate surface area is 133 Å². The molecule has 2 aromatic rings. The molecule has 0 spiro atoms. The number of aromatic nitrogens is 1.